The van der Waals surface area contributed by atoms with Crippen molar-refractivity contribution in [2.75, 3.05) is 25.7 Å². The Kier molecular flexibility index (Phi) is 9.14. The summed E-state index contributed by atoms with van der Waals surface area (Å²) in [4.78, 5) is 40.4. The molecular weight excluding hydrogens is 464 g/mol. The van der Waals surface area contributed by atoms with Crippen LogP contribution in [0, 0.1) is 0 Å². The molecule has 8 heteroatoms. The second-order valence-electron chi connectivity index (χ2n) is 7.83. The van der Waals surface area contributed by atoms with Crippen LogP contribution in [0.15, 0.2) is 71.9 Å². The number of aromatic nitrogens is 1. The van der Waals surface area contributed by atoms with Gasteiger partial charge in [-0.25, -0.2) is 14.2 Å². The van der Waals surface area contributed by atoms with Crippen LogP contribution in [0.25, 0.3) is 10.9 Å². The number of carbonyl (C=O) groups is 3. The zero-order chi connectivity index (χ0) is 25.4. The van der Waals surface area contributed by atoms with Crippen molar-refractivity contribution in [1.29, 1.82) is 0 Å². The summed E-state index contributed by atoms with van der Waals surface area (Å²) in [5.41, 5.74) is 2.96. The lowest BCUT2D eigenvalue weighted by molar-refractivity contribution is -0.136. The number of carbonyl (C=O) groups excluding carboxylic acids is 3. The van der Waals surface area contributed by atoms with Gasteiger partial charge in [-0.05, 0) is 30.4 Å². The summed E-state index contributed by atoms with van der Waals surface area (Å²) in [5.74, 6) is 0.431. The number of ether oxygens (including phenoxy) is 2. The van der Waals surface area contributed by atoms with Crippen molar-refractivity contribution in [1.82, 2.24) is 9.47 Å². The summed E-state index contributed by atoms with van der Waals surface area (Å²) in [6.45, 7) is 4.05. The van der Waals surface area contributed by atoms with Gasteiger partial charge in [0.1, 0.15) is 0 Å². The molecule has 0 aliphatic carbocycles. The Morgan fingerprint density at radius 3 is 2.31 bits per heavy atom. The van der Waals surface area contributed by atoms with E-state index in [2.05, 4.69) is 0 Å². The number of nitrogens with zero attached hydrogens (tertiary/aromatic N) is 2. The van der Waals surface area contributed by atoms with Crippen molar-refractivity contribution >= 4 is 40.6 Å². The van der Waals surface area contributed by atoms with Crippen molar-refractivity contribution in [3.8, 4) is 0 Å². The van der Waals surface area contributed by atoms with Crippen molar-refractivity contribution in [2.24, 2.45) is 0 Å². The highest BCUT2D eigenvalue weighted by Gasteiger charge is 2.25. The zero-order valence-corrected chi connectivity index (χ0v) is 21.3. The Morgan fingerprint density at radius 1 is 0.971 bits per heavy atom. The molecular formula is C27H30N2O5S. The van der Waals surface area contributed by atoms with Crippen LogP contribution in [-0.4, -0.2) is 53.2 Å². The topological polar surface area (TPSA) is 77.8 Å². The molecule has 1 heterocycles. The van der Waals surface area contributed by atoms with E-state index in [4.69, 9.17) is 9.47 Å². The van der Waals surface area contributed by atoms with E-state index < -0.39 is 12.1 Å². The third-order valence-corrected chi connectivity index (χ3v) is 6.55. The van der Waals surface area contributed by atoms with Crippen LogP contribution in [0.2, 0.25) is 0 Å². The maximum absolute atomic E-state index is 13.2. The van der Waals surface area contributed by atoms with Gasteiger partial charge in [0.25, 0.3) is 0 Å². The number of hydrogen-bond donors (Lipinski definition) is 0. The highest BCUT2D eigenvalue weighted by molar-refractivity contribution is 7.99. The van der Waals surface area contributed by atoms with Gasteiger partial charge in [-0.15, -0.1) is 0 Å². The number of rotatable bonds is 9. The molecule has 7 nitrogen and oxygen atoms in total. The molecule has 0 aliphatic heterocycles. The molecule has 0 fully saturated rings. The van der Waals surface area contributed by atoms with Crippen molar-refractivity contribution in [3.63, 3.8) is 0 Å². The molecule has 0 unspecified atom stereocenters. The molecule has 0 N–H and O–H groups in total. The normalized spacial score (nSPS) is 11.7. The van der Waals surface area contributed by atoms with E-state index >= 15 is 0 Å². The van der Waals surface area contributed by atoms with E-state index in [1.54, 1.807) is 11.8 Å². The Bertz CT molecular complexity index is 1230. The Labute approximate surface area is 209 Å². The molecule has 0 bridgehead atoms. The van der Waals surface area contributed by atoms with Crippen LogP contribution in [0.5, 0.6) is 0 Å². The summed E-state index contributed by atoms with van der Waals surface area (Å²) in [6, 6.07) is 18.9. The number of thioether (sulfide) groups is 1. The average molecular weight is 495 g/mol. The fourth-order valence-electron chi connectivity index (χ4n) is 3.89. The van der Waals surface area contributed by atoms with Crippen LogP contribution >= 0.6 is 11.8 Å². The maximum atomic E-state index is 13.2. The molecule has 3 rings (SSSR count). The number of hydrogen-bond acceptors (Lipinski definition) is 6. The van der Waals surface area contributed by atoms with Crippen LogP contribution in [-0.2, 0) is 32.0 Å². The van der Waals surface area contributed by atoms with Gasteiger partial charge in [-0.3, -0.25) is 4.79 Å². The highest BCUT2D eigenvalue weighted by Crippen LogP contribution is 2.26. The van der Waals surface area contributed by atoms with E-state index in [0.717, 1.165) is 16.7 Å². The van der Waals surface area contributed by atoms with Gasteiger partial charge in [0, 0.05) is 23.2 Å². The van der Waals surface area contributed by atoms with E-state index in [1.807, 2.05) is 67.6 Å². The summed E-state index contributed by atoms with van der Waals surface area (Å²) < 4.78 is 11.6. The second-order valence-corrected chi connectivity index (χ2v) is 9.11. The van der Waals surface area contributed by atoms with Crippen LogP contribution in [0.3, 0.4) is 0 Å². The summed E-state index contributed by atoms with van der Waals surface area (Å²) >= 11 is 1.52. The van der Waals surface area contributed by atoms with Crippen LogP contribution in [0.4, 0.5) is 4.79 Å². The quantitative estimate of drug-likeness (QED) is 0.307. The second kappa shape index (κ2) is 12.3. The number of fused-ring (bicyclic) bond motifs is 1. The molecule has 0 atom stereocenters. The standard InChI is InChI=1S/C27H30N2O5S/c1-5-35-18-25(30)28(17-20-11-7-6-8-12-20)19(2)23(26(31)33-3)16-22-15-21-13-9-10-14-24(21)29(22)27(32)34-4/h6-15H,5,16-18H2,1-4H3/b23-19-. The molecule has 0 spiro atoms. The Hall–Kier alpha value is -3.52. The number of amides is 1. The lowest BCUT2D eigenvalue weighted by atomic mass is 10.1. The van der Waals surface area contributed by atoms with Gasteiger partial charge >= 0.3 is 12.1 Å². The number of methoxy groups -OCH3 is 2. The third kappa shape index (κ3) is 6.14. The molecule has 0 saturated heterocycles. The van der Waals surface area contributed by atoms with Gasteiger partial charge in [-0.2, -0.15) is 11.8 Å². The largest absolute Gasteiger partial charge is 0.466 e. The van der Waals surface area contributed by atoms with Gasteiger partial charge in [0.15, 0.2) is 0 Å². The van der Waals surface area contributed by atoms with Crippen molar-refractivity contribution in [3.05, 3.63) is 83.2 Å². The lowest BCUT2D eigenvalue weighted by Crippen LogP contribution is -2.33. The van der Waals surface area contributed by atoms with E-state index in [0.29, 0.717) is 29.0 Å². The Morgan fingerprint density at radius 2 is 1.66 bits per heavy atom. The van der Waals surface area contributed by atoms with Crippen LogP contribution < -0.4 is 0 Å². The molecule has 1 amide bonds. The summed E-state index contributed by atoms with van der Waals surface area (Å²) in [5, 5.41) is 0.839. The Balaban J connectivity index is 2.11. The van der Waals surface area contributed by atoms with Crippen LogP contribution in [0.1, 0.15) is 25.1 Å². The predicted octanol–water partition coefficient (Wildman–Crippen LogP) is 5.03. The third-order valence-electron chi connectivity index (χ3n) is 5.69. The first-order valence-electron chi connectivity index (χ1n) is 11.3. The van der Waals surface area contributed by atoms with E-state index in [9.17, 15) is 14.4 Å². The van der Waals surface area contributed by atoms with Gasteiger partial charge < -0.3 is 14.4 Å². The molecule has 2 aromatic carbocycles. The fourth-order valence-corrected chi connectivity index (χ4v) is 4.43. The SMILES string of the molecule is CCSCC(=O)N(Cc1ccccc1)/C(C)=C(/Cc1cc2ccccc2n1C(=O)OC)C(=O)OC. The van der Waals surface area contributed by atoms with Gasteiger partial charge in [-0.1, -0.05) is 55.5 Å². The fraction of sp³-hybridized carbons (Fsp3) is 0.296. The number of esters is 1. The van der Waals surface area contributed by atoms with Gasteiger partial charge in [0.2, 0.25) is 5.91 Å². The summed E-state index contributed by atoms with van der Waals surface area (Å²) in [7, 11) is 2.62. The zero-order valence-electron chi connectivity index (χ0n) is 20.4. The highest BCUT2D eigenvalue weighted by atomic mass is 32.2. The van der Waals surface area contributed by atoms with Crippen molar-refractivity contribution in [2.45, 2.75) is 26.8 Å². The molecule has 0 saturated carbocycles. The molecule has 35 heavy (non-hydrogen) atoms. The average Bonchev–Trinajstić information content (AvgIpc) is 3.26. The smallest absolute Gasteiger partial charge is 0.418 e. The first kappa shape index (κ1) is 26.1. The van der Waals surface area contributed by atoms with Gasteiger partial charge in [0.05, 0.1) is 37.6 Å². The summed E-state index contributed by atoms with van der Waals surface area (Å²) in [6.07, 6.45) is -0.471. The minimum atomic E-state index is -0.557. The molecule has 0 radical (unpaired) electrons. The number of para-hydroxylation sites is 1. The molecule has 184 valence electrons. The number of benzene rings is 2. The first-order chi connectivity index (χ1) is 16.9. The minimum absolute atomic E-state index is 0.0851. The maximum Gasteiger partial charge on any atom is 0.418 e. The van der Waals surface area contributed by atoms with E-state index in [-0.39, 0.29) is 18.1 Å². The predicted molar refractivity (Wildman–Crippen MR) is 138 cm³/mol. The first-order valence-corrected chi connectivity index (χ1v) is 12.4. The lowest BCUT2D eigenvalue weighted by Gasteiger charge is -2.26. The molecule has 0 aliphatic rings. The monoisotopic (exact) mass is 494 g/mol. The molecule has 1 aromatic heterocycles. The van der Waals surface area contributed by atoms with E-state index in [1.165, 1.54) is 30.5 Å². The minimum Gasteiger partial charge on any atom is -0.466 e. The number of allylic oxidation sites excluding steroid dienone is 1. The van der Waals surface area contributed by atoms with Crippen molar-refractivity contribution < 1.29 is 23.9 Å². The molecule has 3 aromatic rings.